The Kier molecular flexibility index (Phi) is 6.77. The highest BCUT2D eigenvalue weighted by molar-refractivity contribution is 5.83. The van der Waals surface area contributed by atoms with Gasteiger partial charge < -0.3 is 9.47 Å². The van der Waals surface area contributed by atoms with E-state index in [1.54, 1.807) is 7.11 Å². The molecule has 0 aliphatic heterocycles. The van der Waals surface area contributed by atoms with E-state index in [0.29, 0.717) is 13.0 Å². The average Bonchev–Trinajstić information content (AvgIpc) is 2.22. The molecule has 0 fully saturated rings. The van der Waals surface area contributed by atoms with Crippen LogP contribution in [0.2, 0.25) is 0 Å². The predicted molar refractivity (Wildman–Crippen MR) is 61.0 cm³/mol. The molecule has 3 heteroatoms. The van der Waals surface area contributed by atoms with Gasteiger partial charge in [-0.25, -0.2) is 0 Å². The molecule has 1 atom stereocenters. The molecule has 0 aliphatic carbocycles. The van der Waals surface area contributed by atoms with Gasteiger partial charge in [0.2, 0.25) is 0 Å². The SMILES string of the molecule is CCOC(CC)C(=O)CCC(C)(C)OC. The van der Waals surface area contributed by atoms with Crippen molar-refractivity contribution in [1.29, 1.82) is 0 Å². The van der Waals surface area contributed by atoms with Gasteiger partial charge in [-0.2, -0.15) is 0 Å². The topological polar surface area (TPSA) is 35.5 Å². The van der Waals surface area contributed by atoms with Gasteiger partial charge in [0, 0.05) is 20.1 Å². The Hall–Kier alpha value is -0.410. The molecule has 15 heavy (non-hydrogen) atoms. The standard InChI is InChI=1S/C12H24O3/c1-6-11(15-7-2)10(13)8-9-12(3,4)14-5/h11H,6-9H2,1-5H3. The van der Waals surface area contributed by atoms with Crippen molar-refractivity contribution in [1.82, 2.24) is 0 Å². The molecule has 90 valence electrons. The number of hydrogen-bond donors (Lipinski definition) is 0. The summed E-state index contributed by atoms with van der Waals surface area (Å²) in [4.78, 5) is 11.7. The van der Waals surface area contributed by atoms with E-state index >= 15 is 0 Å². The molecule has 0 aromatic rings. The summed E-state index contributed by atoms with van der Waals surface area (Å²) in [5.74, 6) is 0.185. The van der Waals surface area contributed by atoms with Gasteiger partial charge >= 0.3 is 0 Å². The van der Waals surface area contributed by atoms with Crippen LogP contribution in [-0.4, -0.2) is 31.2 Å². The molecule has 0 aromatic carbocycles. The summed E-state index contributed by atoms with van der Waals surface area (Å²) in [6.45, 7) is 8.45. The number of carbonyl (C=O) groups is 1. The van der Waals surface area contributed by atoms with E-state index in [4.69, 9.17) is 9.47 Å². The van der Waals surface area contributed by atoms with Gasteiger partial charge in [-0.15, -0.1) is 0 Å². The molecule has 0 spiro atoms. The fourth-order valence-electron chi connectivity index (χ4n) is 1.33. The Morgan fingerprint density at radius 1 is 1.33 bits per heavy atom. The van der Waals surface area contributed by atoms with E-state index in [0.717, 1.165) is 12.8 Å². The molecule has 0 amide bonds. The Bertz CT molecular complexity index is 187. The van der Waals surface area contributed by atoms with E-state index in [1.165, 1.54) is 0 Å². The first kappa shape index (κ1) is 14.6. The van der Waals surface area contributed by atoms with E-state index in [2.05, 4.69) is 0 Å². The summed E-state index contributed by atoms with van der Waals surface area (Å²) in [6.07, 6.45) is 1.79. The zero-order valence-electron chi connectivity index (χ0n) is 10.6. The number of ketones is 1. The fraction of sp³-hybridized carbons (Fsp3) is 0.917. The molecule has 0 rings (SSSR count). The molecular formula is C12H24O3. The normalized spacial score (nSPS) is 13.9. The van der Waals surface area contributed by atoms with Crippen LogP contribution in [0.3, 0.4) is 0 Å². The molecule has 0 saturated carbocycles. The summed E-state index contributed by atoms with van der Waals surface area (Å²) >= 11 is 0. The third-order valence-electron chi connectivity index (χ3n) is 2.62. The molecular weight excluding hydrogens is 192 g/mol. The van der Waals surface area contributed by atoms with Crippen molar-refractivity contribution in [2.45, 2.75) is 58.7 Å². The lowest BCUT2D eigenvalue weighted by atomic mass is 9.98. The third-order valence-corrected chi connectivity index (χ3v) is 2.62. The number of hydrogen-bond acceptors (Lipinski definition) is 3. The van der Waals surface area contributed by atoms with E-state index < -0.39 is 0 Å². The zero-order valence-corrected chi connectivity index (χ0v) is 10.6. The van der Waals surface area contributed by atoms with Crippen LogP contribution in [0, 0.1) is 0 Å². The fourth-order valence-corrected chi connectivity index (χ4v) is 1.33. The van der Waals surface area contributed by atoms with Crippen molar-refractivity contribution in [3.8, 4) is 0 Å². The van der Waals surface area contributed by atoms with Crippen LogP contribution in [0.15, 0.2) is 0 Å². The van der Waals surface area contributed by atoms with Crippen molar-refractivity contribution in [2.24, 2.45) is 0 Å². The maximum atomic E-state index is 11.7. The van der Waals surface area contributed by atoms with Crippen LogP contribution in [-0.2, 0) is 14.3 Å². The van der Waals surface area contributed by atoms with Crippen LogP contribution in [0.1, 0.15) is 47.0 Å². The summed E-state index contributed by atoms with van der Waals surface area (Å²) in [6, 6.07) is 0. The van der Waals surface area contributed by atoms with E-state index in [9.17, 15) is 4.79 Å². The van der Waals surface area contributed by atoms with Gasteiger partial charge in [0.15, 0.2) is 5.78 Å². The Balaban J connectivity index is 4.01. The van der Waals surface area contributed by atoms with Gasteiger partial charge in [0.25, 0.3) is 0 Å². The van der Waals surface area contributed by atoms with Crippen molar-refractivity contribution in [2.75, 3.05) is 13.7 Å². The van der Waals surface area contributed by atoms with E-state index in [-0.39, 0.29) is 17.5 Å². The second-order valence-electron chi connectivity index (χ2n) is 4.28. The molecule has 0 saturated heterocycles. The number of carbonyl (C=O) groups excluding carboxylic acids is 1. The number of ether oxygens (including phenoxy) is 2. The van der Waals surface area contributed by atoms with Crippen molar-refractivity contribution < 1.29 is 14.3 Å². The minimum atomic E-state index is -0.234. The highest BCUT2D eigenvalue weighted by atomic mass is 16.5. The maximum Gasteiger partial charge on any atom is 0.161 e. The van der Waals surface area contributed by atoms with Crippen LogP contribution >= 0.6 is 0 Å². The minimum absolute atomic E-state index is 0.185. The van der Waals surface area contributed by atoms with Crippen LogP contribution in [0.4, 0.5) is 0 Å². The first-order valence-corrected chi connectivity index (χ1v) is 5.66. The smallest absolute Gasteiger partial charge is 0.161 e. The lowest BCUT2D eigenvalue weighted by molar-refractivity contribution is -0.131. The number of Topliss-reactive ketones (excluding diaryl/α,β-unsaturated/α-hetero) is 1. The largest absolute Gasteiger partial charge is 0.379 e. The predicted octanol–water partition coefficient (Wildman–Crippen LogP) is 2.58. The molecule has 0 radical (unpaired) electrons. The summed E-state index contributed by atoms with van der Waals surface area (Å²) < 4.78 is 10.6. The first-order chi connectivity index (χ1) is 6.96. The van der Waals surface area contributed by atoms with Crippen molar-refractivity contribution >= 4 is 5.78 Å². The van der Waals surface area contributed by atoms with Crippen LogP contribution in [0.25, 0.3) is 0 Å². The summed E-state index contributed by atoms with van der Waals surface area (Å²) in [7, 11) is 1.67. The molecule has 0 aromatic heterocycles. The van der Waals surface area contributed by atoms with Crippen molar-refractivity contribution in [3.63, 3.8) is 0 Å². The Morgan fingerprint density at radius 2 is 1.93 bits per heavy atom. The Morgan fingerprint density at radius 3 is 2.33 bits per heavy atom. The molecule has 0 aliphatic rings. The molecule has 0 N–H and O–H groups in total. The quantitative estimate of drug-likeness (QED) is 0.625. The number of methoxy groups -OCH3 is 1. The third kappa shape index (κ3) is 5.90. The molecule has 1 unspecified atom stereocenters. The summed E-state index contributed by atoms with van der Waals surface area (Å²) in [5, 5.41) is 0. The van der Waals surface area contributed by atoms with Crippen LogP contribution < -0.4 is 0 Å². The molecule has 3 nitrogen and oxygen atoms in total. The second kappa shape index (κ2) is 6.96. The highest BCUT2D eigenvalue weighted by Crippen LogP contribution is 2.17. The van der Waals surface area contributed by atoms with Gasteiger partial charge in [-0.3, -0.25) is 4.79 Å². The maximum absolute atomic E-state index is 11.7. The van der Waals surface area contributed by atoms with Gasteiger partial charge in [-0.05, 0) is 33.6 Å². The average molecular weight is 216 g/mol. The second-order valence-corrected chi connectivity index (χ2v) is 4.28. The minimum Gasteiger partial charge on any atom is -0.379 e. The van der Waals surface area contributed by atoms with Gasteiger partial charge in [-0.1, -0.05) is 6.92 Å². The lowest BCUT2D eigenvalue weighted by Gasteiger charge is -2.23. The highest BCUT2D eigenvalue weighted by Gasteiger charge is 2.22. The molecule has 0 heterocycles. The van der Waals surface area contributed by atoms with Crippen LogP contribution in [0.5, 0.6) is 0 Å². The first-order valence-electron chi connectivity index (χ1n) is 5.66. The van der Waals surface area contributed by atoms with E-state index in [1.807, 2.05) is 27.7 Å². The van der Waals surface area contributed by atoms with Gasteiger partial charge in [0.1, 0.15) is 6.10 Å². The molecule has 0 bridgehead atoms. The number of rotatable bonds is 8. The zero-order chi connectivity index (χ0) is 11.9. The monoisotopic (exact) mass is 216 g/mol. The lowest BCUT2D eigenvalue weighted by Crippen LogP contribution is -2.28. The van der Waals surface area contributed by atoms with Gasteiger partial charge in [0.05, 0.1) is 5.60 Å². The van der Waals surface area contributed by atoms with Crippen molar-refractivity contribution in [3.05, 3.63) is 0 Å². The Labute approximate surface area is 93.1 Å². The summed E-state index contributed by atoms with van der Waals surface area (Å²) in [5.41, 5.74) is -0.222.